The van der Waals surface area contributed by atoms with Crippen LogP contribution in [0.2, 0.25) is 0 Å². The predicted octanol–water partition coefficient (Wildman–Crippen LogP) is 5.26. The summed E-state index contributed by atoms with van der Waals surface area (Å²) in [6, 6.07) is 16.6. The van der Waals surface area contributed by atoms with E-state index in [-0.39, 0.29) is 25.0 Å². The van der Waals surface area contributed by atoms with Crippen LogP contribution in [0.4, 0.5) is 4.79 Å². The van der Waals surface area contributed by atoms with Gasteiger partial charge in [-0.1, -0.05) is 36.4 Å². The summed E-state index contributed by atoms with van der Waals surface area (Å²) in [4.78, 5) is 66.5. The molecular weight excluding hydrogens is 488 g/mol. The van der Waals surface area contributed by atoms with Crippen molar-refractivity contribution < 1.29 is 53.6 Å². The third kappa shape index (κ3) is 11.0. The Morgan fingerprint density at radius 2 is 1.19 bits per heavy atom. The average Bonchev–Trinajstić information content (AvgIpc) is 2.85. The van der Waals surface area contributed by atoms with Crippen LogP contribution >= 0.6 is 0 Å². The van der Waals surface area contributed by atoms with Crippen molar-refractivity contribution >= 4 is 18.1 Å². The zero-order chi connectivity index (χ0) is 27.5. The van der Waals surface area contributed by atoms with Crippen LogP contribution < -0.4 is 0 Å². The Morgan fingerprint density at radius 1 is 0.703 bits per heavy atom. The van der Waals surface area contributed by atoms with E-state index < -0.39 is 35.1 Å². The predicted molar refractivity (Wildman–Crippen MR) is 128 cm³/mol. The first-order valence-electron chi connectivity index (χ1n) is 11.4. The van der Waals surface area contributed by atoms with Crippen molar-refractivity contribution in [3.05, 3.63) is 71.8 Å². The maximum Gasteiger partial charge on any atom is 0.508 e. The number of benzene rings is 2. The number of carbonyl (C=O) groups excluding carboxylic acids is 2. The highest BCUT2D eigenvalue weighted by atomic mass is 17.2. The van der Waals surface area contributed by atoms with E-state index in [0.29, 0.717) is 5.56 Å². The molecule has 0 saturated heterocycles. The van der Waals surface area contributed by atoms with Gasteiger partial charge in [0.25, 0.3) is 0 Å². The van der Waals surface area contributed by atoms with Gasteiger partial charge < -0.3 is 9.84 Å². The Labute approximate surface area is 214 Å². The van der Waals surface area contributed by atoms with E-state index in [4.69, 9.17) is 34.4 Å². The first kappa shape index (κ1) is 29.7. The summed E-state index contributed by atoms with van der Waals surface area (Å²) in [6.07, 6.45) is -1.12. The van der Waals surface area contributed by atoms with Crippen molar-refractivity contribution in [3.8, 4) is 0 Å². The molecule has 0 spiro atoms. The summed E-state index contributed by atoms with van der Waals surface area (Å²) >= 11 is 0. The zero-order valence-corrected chi connectivity index (χ0v) is 21.4. The third-order valence-corrected chi connectivity index (χ3v) is 4.89. The molecule has 11 heteroatoms. The van der Waals surface area contributed by atoms with Gasteiger partial charge in [0.05, 0.1) is 11.1 Å². The molecule has 2 aromatic rings. The highest BCUT2D eigenvalue weighted by molar-refractivity contribution is 5.89. The number of ether oxygens (including phenoxy) is 1. The number of hydrogen-bond acceptors (Lipinski definition) is 10. The maximum atomic E-state index is 12.4. The lowest BCUT2D eigenvalue weighted by atomic mass is 9.93. The topological polar surface area (TPSA) is 136 Å². The highest BCUT2D eigenvalue weighted by Gasteiger charge is 2.36. The molecule has 0 aliphatic carbocycles. The van der Waals surface area contributed by atoms with E-state index in [2.05, 4.69) is 4.74 Å². The molecule has 1 N–H and O–H groups in total. The Kier molecular flexibility index (Phi) is 10.6. The van der Waals surface area contributed by atoms with Gasteiger partial charge >= 0.3 is 18.1 Å². The summed E-state index contributed by atoms with van der Waals surface area (Å²) in [5, 5.41) is 8.81. The Bertz CT molecular complexity index is 1020. The van der Waals surface area contributed by atoms with Crippen LogP contribution in [0.1, 0.15) is 68.2 Å². The molecule has 0 fully saturated rings. The summed E-state index contributed by atoms with van der Waals surface area (Å²) in [7, 11) is 0. The minimum Gasteiger partial charge on any atom is -0.450 e. The van der Waals surface area contributed by atoms with Crippen LogP contribution in [-0.2, 0) is 34.1 Å². The fraction of sp³-hybridized carbons (Fsp3) is 0.423. The molecule has 0 aliphatic heterocycles. The van der Waals surface area contributed by atoms with Crippen LogP contribution in [0.25, 0.3) is 0 Å². The number of carbonyl (C=O) groups is 3. The van der Waals surface area contributed by atoms with Gasteiger partial charge in [0, 0.05) is 13.8 Å². The van der Waals surface area contributed by atoms with Gasteiger partial charge in [-0.05, 0) is 57.9 Å². The molecule has 0 aliphatic rings. The largest absolute Gasteiger partial charge is 0.508 e. The first-order chi connectivity index (χ1) is 17.3. The monoisotopic (exact) mass is 520 g/mol. The molecule has 0 aromatic heterocycles. The van der Waals surface area contributed by atoms with Gasteiger partial charge in [-0.3, -0.25) is 9.78 Å². The lowest BCUT2D eigenvalue weighted by Gasteiger charge is -2.31. The molecule has 37 heavy (non-hydrogen) atoms. The fourth-order valence-corrected chi connectivity index (χ4v) is 2.80. The summed E-state index contributed by atoms with van der Waals surface area (Å²) in [6.45, 7) is 7.37. The lowest BCUT2D eigenvalue weighted by Crippen LogP contribution is -2.40. The van der Waals surface area contributed by atoms with E-state index in [0.717, 1.165) is 0 Å². The van der Waals surface area contributed by atoms with Gasteiger partial charge in [-0.25, -0.2) is 19.3 Å². The lowest BCUT2D eigenvalue weighted by molar-refractivity contribution is -0.433. The van der Waals surface area contributed by atoms with Gasteiger partial charge in [-0.2, -0.15) is 14.7 Å². The summed E-state index contributed by atoms with van der Waals surface area (Å²) < 4.78 is 4.59. The van der Waals surface area contributed by atoms with E-state index in [1.807, 2.05) is 0 Å². The molecule has 0 saturated carbocycles. The number of rotatable bonds is 14. The first-order valence-corrected chi connectivity index (χ1v) is 11.4. The second-order valence-corrected chi connectivity index (χ2v) is 9.46. The van der Waals surface area contributed by atoms with Crippen molar-refractivity contribution in [2.75, 3.05) is 6.61 Å². The fourth-order valence-electron chi connectivity index (χ4n) is 2.80. The molecule has 1 unspecified atom stereocenters. The third-order valence-electron chi connectivity index (χ3n) is 4.89. The number of hydrogen-bond donors (Lipinski definition) is 1. The molecule has 0 bridgehead atoms. The molecule has 11 nitrogen and oxygen atoms in total. The molecule has 0 heterocycles. The maximum absolute atomic E-state index is 12.4. The highest BCUT2D eigenvalue weighted by Crippen LogP contribution is 2.27. The minimum absolute atomic E-state index is 0.175. The van der Waals surface area contributed by atoms with Crippen molar-refractivity contribution in [3.63, 3.8) is 0 Å². The zero-order valence-electron chi connectivity index (χ0n) is 21.4. The second kappa shape index (κ2) is 13.2. The molecule has 2 rings (SSSR count). The number of carboxylic acid groups (broad SMARTS) is 1. The SMILES string of the molecule is CC(C)(CCC(C)(COOC(C)(C)OC(=O)O)OOC(=O)c1ccccc1)OOC(=O)c1ccccc1. The standard InChI is InChI=1S/C26H32O11/c1-24(2,35-33-21(27)19-12-8-6-9-13-19)16-17-26(5,18-31-36-25(3,4)32-23(29)30)37-34-22(28)20-14-10-7-11-15-20/h6-15H,16-18H2,1-5H3,(H,29,30). The Morgan fingerprint density at radius 3 is 1.68 bits per heavy atom. The van der Waals surface area contributed by atoms with Crippen molar-refractivity contribution in [1.82, 2.24) is 0 Å². The van der Waals surface area contributed by atoms with Crippen LogP contribution in [0.5, 0.6) is 0 Å². The van der Waals surface area contributed by atoms with E-state index in [1.165, 1.54) is 13.8 Å². The average molecular weight is 521 g/mol. The molecule has 0 amide bonds. The van der Waals surface area contributed by atoms with Crippen molar-refractivity contribution in [1.29, 1.82) is 0 Å². The van der Waals surface area contributed by atoms with E-state index >= 15 is 0 Å². The molecule has 1 atom stereocenters. The van der Waals surface area contributed by atoms with Crippen molar-refractivity contribution in [2.45, 2.75) is 64.4 Å². The Hall–Kier alpha value is -3.51. The normalized spacial score (nSPS) is 13.3. The van der Waals surface area contributed by atoms with Gasteiger partial charge in [0.15, 0.2) is 0 Å². The summed E-state index contributed by atoms with van der Waals surface area (Å²) in [5.41, 5.74) is -1.65. The quantitative estimate of drug-likeness (QED) is 0.151. The van der Waals surface area contributed by atoms with Gasteiger partial charge in [0.2, 0.25) is 5.79 Å². The van der Waals surface area contributed by atoms with Gasteiger partial charge in [0.1, 0.15) is 17.8 Å². The smallest absolute Gasteiger partial charge is 0.450 e. The Balaban J connectivity index is 2.00. The van der Waals surface area contributed by atoms with Crippen LogP contribution in [0, 0.1) is 0 Å². The van der Waals surface area contributed by atoms with Crippen molar-refractivity contribution in [2.24, 2.45) is 0 Å². The van der Waals surface area contributed by atoms with Gasteiger partial charge in [-0.15, -0.1) is 0 Å². The van der Waals surface area contributed by atoms with E-state index in [1.54, 1.807) is 81.4 Å². The van der Waals surface area contributed by atoms with Crippen LogP contribution in [-0.4, -0.2) is 46.8 Å². The molecular formula is C26H32O11. The molecule has 0 radical (unpaired) electrons. The van der Waals surface area contributed by atoms with E-state index in [9.17, 15) is 14.4 Å². The van der Waals surface area contributed by atoms with Crippen LogP contribution in [0.3, 0.4) is 0 Å². The molecule has 2 aromatic carbocycles. The minimum atomic E-state index is -1.61. The summed E-state index contributed by atoms with van der Waals surface area (Å²) in [5.74, 6) is -2.99. The second-order valence-electron chi connectivity index (χ2n) is 9.46. The molecule has 202 valence electrons. The van der Waals surface area contributed by atoms with Crippen LogP contribution in [0.15, 0.2) is 60.7 Å².